The van der Waals surface area contributed by atoms with Gasteiger partial charge in [-0.15, -0.1) is 0 Å². The quantitative estimate of drug-likeness (QED) is 0.825. The van der Waals surface area contributed by atoms with Gasteiger partial charge in [-0.25, -0.2) is 9.97 Å². The molecule has 0 bridgehead atoms. The molecule has 1 fully saturated rings. The fourth-order valence-electron chi connectivity index (χ4n) is 2.26. The van der Waals surface area contributed by atoms with Crippen molar-refractivity contribution in [2.24, 2.45) is 11.7 Å². The average Bonchev–Trinajstić information content (AvgIpc) is 2.85. The van der Waals surface area contributed by atoms with Gasteiger partial charge in [0.25, 0.3) is 0 Å². The van der Waals surface area contributed by atoms with Gasteiger partial charge in [0.05, 0.1) is 5.92 Å². The van der Waals surface area contributed by atoms with Crippen molar-refractivity contribution in [3.8, 4) is 0 Å². The van der Waals surface area contributed by atoms with Gasteiger partial charge in [0, 0.05) is 25.7 Å². The Balaban J connectivity index is 2.11. The predicted octanol–water partition coefficient (Wildman–Crippen LogP) is 0.919. The van der Waals surface area contributed by atoms with Crippen molar-refractivity contribution in [3.63, 3.8) is 0 Å². The van der Waals surface area contributed by atoms with E-state index >= 15 is 0 Å². The van der Waals surface area contributed by atoms with E-state index in [-0.39, 0.29) is 11.8 Å². The van der Waals surface area contributed by atoms with Crippen LogP contribution in [0.3, 0.4) is 0 Å². The van der Waals surface area contributed by atoms with Crippen LogP contribution in [0.2, 0.25) is 0 Å². The number of anilines is 2. The van der Waals surface area contributed by atoms with Gasteiger partial charge in [0.2, 0.25) is 5.91 Å². The molecule has 2 rings (SSSR count). The third-order valence-corrected chi connectivity index (χ3v) is 3.30. The minimum Gasteiger partial charge on any atom is -0.370 e. The fraction of sp³-hybridized carbons (Fsp3) is 0.615. The highest BCUT2D eigenvalue weighted by Gasteiger charge is 2.27. The Morgan fingerprint density at radius 1 is 1.58 bits per heavy atom. The summed E-state index contributed by atoms with van der Waals surface area (Å²) in [6.07, 6.45) is 1.85. The Morgan fingerprint density at radius 2 is 2.37 bits per heavy atom. The molecule has 0 saturated carbocycles. The molecule has 1 amide bonds. The maximum absolute atomic E-state index is 11.2. The molecule has 3 N–H and O–H groups in total. The summed E-state index contributed by atoms with van der Waals surface area (Å²) >= 11 is 0. The summed E-state index contributed by atoms with van der Waals surface area (Å²) in [5.74, 6) is 2.15. The molecule has 6 nitrogen and oxygen atoms in total. The molecule has 0 radical (unpaired) electrons. The van der Waals surface area contributed by atoms with E-state index in [1.165, 1.54) is 0 Å². The second-order valence-corrected chi connectivity index (χ2v) is 4.92. The molecule has 19 heavy (non-hydrogen) atoms. The maximum atomic E-state index is 11.2. The van der Waals surface area contributed by atoms with Crippen LogP contribution in [-0.4, -0.2) is 35.5 Å². The molecule has 104 valence electrons. The minimum atomic E-state index is -0.224. The summed E-state index contributed by atoms with van der Waals surface area (Å²) in [7, 11) is 0. The van der Waals surface area contributed by atoms with Crippen LogP contribution in [0.25, 0.3) is 0 Å². The van der Waals surface area contributed by atoms with E-state index in [1.54, 1.807) is 0 Å². The van der Waals surface area contributed by atoms with Crippen molar-refractivity contribution in [2.75, 3.05) is 29.9 Å². The summed E-state index contributed by atoms with van der Waals surface area (Å²) in [6.45, 7) is 6.35. The molecule has 0 spiro atoms. The number of hydrogen-bond donors (Lipinski definition) is 2. The number of hydrogen-bond acceptors (Lipinski definition) is 5. The lowest BCUT2D eigenvalue weighted by molar-refractivity contribution is -0.121. The third kappa shape index (κ3) is 3.33. The molecule has 0 aromatic carbocycles. The first kappa shape index (κ1) is 13.6. The van der Waals surface area contributed by atoms with Gasteiger partial charge in [-0.05, 0) is 19.8 Å². The second kappa shape index (κ2) is 5.86. The average molecular weight is 263 g/mol. The highest BCUT2D eigenvalue weighted by Crippen LogP contribution is 2.23. The largest absolute Gasteiger partial charge is 0.370 e. The van der Waals surface area contributed by atoms with Crippen molar-refractivity contribution < 1.29 is 4.79 Å². The molecule has 1 aliphatic rings. The summed E-state index contributed by atoms with van der Waals surface area (Å²) in [5.41, 5.74) is 5.35. The van der Waals surface area contributed by atoms with Gasteiger partial charge in [0.1, 0.15) is 17.5 Å². The van der Waals surface area contributed by atoms with Gasteiger partial charge in [-0.1, -0.05) is 6.92 Å². The number of nitrogens with two attached hydrogens (primary N) is 1. The number of nitrogens with zero attached hydrogens (tertiary/aromatic N) is 3. The normalized spacial score (nSPS) is 18.6. The molecular weight excluding hydrogens is 242 g/mol. The first-order valence-electron chi connectivity index (χ1n) is 6.74. The Morgan fingerprint density at radius 3 is 3.00 bits per heavy atom. The molecule has 1 saturated heterocycles. The van der Waals surface area contributed by atoms with E-state index in [9.17, 15) is 4.79 Å². The Hall–Kier alpha value is -1.85. The fourth-order valence-corrected chi connectivity index (χ4v) is 2.26. The number of amides is 1. The Bertz CT molecular complexity index is 462. The van der Waals surface area contributed by atoms with Gasteiger partial charge >= 0.3 is 0 Å². The number of primary amides is 1. The van der Waals surface area contributed by atoms with Crippen LogP contribution in [0.5, 0.6) is 0 Å². The van der Waals surface area contributed by atoms with E-state index in [0.717, 1.165) is 43.4 Å². The van der Waals surface area contributed by atoms with E-state index in [2.05, 4.69) is 27.1 Å². The smallest absolute Gasteiger partial charge is 0.222 e. The molecular formula is C13H21N5O. The number of nitrogens with one attached hydrogen (secondary N) is 1. The number of carbonyl (C=O) groups excluding carboxylic acids is 1. The van der Waals surface area contributed by atoms with E-state index in [1.807, 2.05) is 13.0 Å². The Kier molecular flexibility index (Phi) is 4.19. The summed E-state index contributed by atoms with van der Waals surface area (Å²) in [6, 6.07) is 1.94. The Labute approximate surface area is 113 Å². The molecule has 1 aromatic heterocycles. The second-order valence-electron chi connectivity index (χ2n) is 4.92. The predicted molar refractivity (Wildman–Crippen MR) is 75.1 cm³/mol. The number of rotatable bonds is 5. The van der Waals surface area contributed by atoms with Crippen LogP contribution in [0, 0.1) is 12.8 Å². The first-order chi connectivity index (χ1) is 9.10. The molecule has 1 atom stereocenters. The molecule has 0 aliphatic carbocycles. The molecule has 1 aliphatic heterocycles. The SMILES string of the molecule is CCCNc1cc(N2CCC(C(N)=O)C2)nc(C)n1. The van der Waals surface area contributed by atoms with Crippen molar-refractivity contribution in [1.29, 1.82) is 0 Å². The molecule has 6 heteroatoms. The number of aromatic nitrogens is 2. The van der Waals surface area contributed by atoms with E-state index in [4.69, 9.17) is 5.73 Å². The summed E-state index contributed by atoms with van der Waals surface area (Å²) < 4.78 is 0. The molecule has 1 aromatic rings. The lowest BCUT2D eigenvalue weighted by atomic mass is 10.1. The van der Waals surface area contributed by atoms with Crippen molar-refractivity contribution in [1.82, 2.24) is 9.97 Å². The van der Waals surface area contributed by atoms with Crippen molar-refractivity contribution in [2.45, 2.75) is 26.7 Å². The van der Waals surface area contributed by atoms with Gasteiger partial charge in [0.15, 0.2) is 0 Å². The highest BCUT2D eigenvalue weighted by atomic mass is 16.1. The minimum absolute atomic E-state index is 0.0673. The lowest BCUT2D eigenvalue weighted by Crippen LogP contribution is -2.28. The van der Waals surface area contributed by atoms with Crippen LogP contribution < -0.4 is 16.0 Å². The van der Waals surface area contributed by atoms with Crippen LogP contribution in [0.4, 0.5) is 11.6 Å². The van der Waals surface area contributed by atoms with E-state index < -0.39 is 0 Å². The topological polar surface area (TPSA) is 84.1 Å². The zero-order valence-corrected chi connectivity index (χ0v) is 11.5. The van der Waals surface area contributed by atoms with Gasteiger partial charge in [-0.2, -0.15) is 0 Å². The summed E-state index contributed by atoms with van der Waals surface area (Å²) in [4.78, 5) is 22.1. The van der Waals surface area contributed by atoms with Gasteiger partial charge in [-0.3, -0.25) is 4.79 Å². The van der Waals surface area contributed by atoms with Crippen LogP contribution in [0.1, 0.15) is 25.6 Å². The van der Waals surface area contributed by atoms with Gasteiger partial charge < -0.3 is 16.0 Å². The van der Waals surface area contributed by atoms with Crippen molar-refractivity contribution >= 4 is 17.5 Å². The lowest BCUT2D eigenvalue weighted by Gasteiger charge is -2.18. The van der Waals surface area contributed by atoms with Crippen LogP contribution in [0.15, 0.2) is 6.07 Å². The standard InChI is InChI=1S/C13H21N5O/c1-3-5-15-11-7-12(17-9(2)16-11)18-6-4-10(8-18)13(14)19/h7,10H,3-6,8H2,1-2H3,(H2,14,19)(H,15,16,17). The number of aryl methyl sites for hydroxylation is 1. The van der Waals surface area contributed by atoms with E-state index in [0.29, 0.717) is 6.54 Å². The van der Waals surface area contributed by atoms with Crippen molar-refractivity contribution in [3.05, 3.63) is 11.9 Å². The maximum Gasteiger partial charge on any atom is 0.222 e. The first-order valence-corrected chi connectivity index (χ1v) is 6.74. The third-order valence-electron chi connectivity index (χ3n) is 3.30. The molecule has 1 unspecified atom stereocenters. The molecule has 2 heterocycles. The van der Waals surface area contributed by atoms with Crippen LogP contribution >= 0.6 is 0 Å². The summed E-state index contributed by atoms with van der Waals surface area (Å²) in [5, 5.41) is 3.26. The van der Waals surface area contributed by atoms with Crippen LogP contribution in [-0.2, 0) is 4.79 Å². The zero-order chi connectivity index (χ0) is 13.8. The monoisotopic (exact) mass is 263 g/mol. The number of carbonyl (C=O) groups is 1. The zero-order valence-electron chi connectivity index (χ0n) is 11.5. The highest BCUT2D eigenvalue weighted by molar-refractivity contribution is 5.78.